The van der Waals surface area contributed by atoms with Gasteiger partial charge in [-0.1, -0.05) is 37.3 Å². The van der Waals surface area contributed by atoms with Crippen LogP contribution in [0.2, 0.25) is 0 Å². The number of nitrogens with zero attached hydrogens (tertiary/aromatic N) is 1. The zero-order valence-electron chi connectivity index (χ0n) is 11.5. The smallest absolute Gasteiger partial charge is 0.161 e. The SMILES string of the molecule is CCCOc1ccccc1OCc1ccccc1C#N. The minimum absolute atomic E-state index is 0.357. The molecule has 0 aromatic heterocycles. The maximum atomic E-state index is 9.06. The highest BCUT2D eigenvalue weighted by Gasteiger charge is 2.06. The van der Waals surface area contributed by atoms with Crippen molar-refractivity contribution in [2.24, 2.45) is 0 Å². The molecule has 0 saturated carbocycles. The summed E-state index contributed by atoms with van der Waals surface area (Å²) < 4.78 is 11.4. The number of hydrogen-bond acceptors (Lipinski definition) is 3. The number of benzene rings is 2. The van der Waals surface area contributed by atoms with Crippen LogP contribution in [0.4, 0.5) is 0 Å². The molecule has 0 radical (unpaired) electrons. The number of nitriles is 1. The van der Waals surface area contributed by atoms with Crippen LogP contribution in [0.3, 0.4) is 0 Å². The summed E-state index contributed by atoms with van der Waals surface area (Å²) in [6.45, 7) is 3.08. The maximum Gasteiger partial charge on any atom is 0.161 e. The van der Waals surface area contributed by atoms with E-state index in [9.17, 15) is 0 Å². The van der Waals surface area contributed by atoms with Crippen LogP contribution in [0, 0.1) is 11.3 Å². The van der Waals surface area contributed by atoms with E-state index >= 15 is 0 Å². The van der Waals surface area contributed by atoms with Gasteiger partial charge >= 0.3 is 0 Å². The van der Waals surface area contributed by atoms with E-state index in [2.05, 4.69) is 13.0 Å². The third kappa shape index (κ3) is 3.52. The Morgan fingerprint density at radius 2 is 1.60 bits per heavy atom. The van der Waals surface area contributed by atoms with Crippen molar-refractivity contribution >= 4 is 0 Å². The van der Waals surface area contributed by atoms with Gasteiger partial charge < -0.3 is 9.47 Å². The van der Waals surface area contributed by atoms with Crippen LogP contribution in [0.1, 0.15) is 24.5 Å². The molecule has 0 bridgehead atoms. The fourth-order valence-corrected chi connectivity index (χ4v) is 1.81. The third-order valence-corrected chi connectivity index (χ3v) is 2.83. The minimum Gasteiger partial charge on any atom is -0.490 e. The Morgan fingerprint density at radius 3 is 2.30 bits per heavy atom. The molecular weight excluding hydrogens is 250 g/mol. The van der Waals surface area contributed by atoms with Crippen LogP contribution < -0.4 is 9.47 Å². The lowest BCUT2D eigenvalue weighted by atomic mass is 10.1. The molecule has 0 heterocycles. The highest BCUT2D eigenvalue weighted by atomic mass is 16.5. The predicted molar refractivity (Wildman–Crippen MR) is 77.7 cm³/mol. The van der Waals surface area contributed by atoms with Crippen molar-refractivity contribution in [1.82, 2.24) is 0 Å². The molecule has 0 N–H and O–H groups in total. The lowest BCUT2D eigenvalue weighted by molar-refractivity contribution is 0.261. The maximum absolute atomic E-state index is 9.06. The van der Waals surface area contributed by atoms with Crippen molar-refractivity contribution < 1.29 is 9.47 Å². The Balaban J connectivity index is 2.09. The molecule has 2 rings (SSSR count). The number of para-hydroxylation sites is 2. The highest BCUT2D eigenvalue weighted by molar-refractivity contribution is 5.41. The molecule has 3 nitrogen and oxygen atoms in total. The predicted octanol–water partition coefficient (Wildman–Crippen LogP) is 3.93. The number of ether oxygens (including phenoxy) is 2. The van der Waals surface area contributed by atoms with Crippen molar-refractivity contribution in [2.75, 3.05) is 6.61 Å². The van der Waals surface area contributed by atoms with Crippen molar-refractivity contribution in [3.8, 4) is 17.6 Å². The van der Waals surface area contributed by atoms with Gasteiger partial charge in [-0.3, -0.25) is 0 Å². The monoisotopic (exact) mass is 267 g/mol. The van der Waals surface area contributed by atoms with Crippen LogP contribution in [-0.2, 0) is 6.61 Å². The minimum atomic E-state index is 0.357. The highest BCUT2D eigenvalue weighted by Crippen LogP contribution is 2.27. The van der Waals surface area contributed by atoms with E-state index in [0.29, 0.717) is 24.5 Å². The van der Waals surface area contributed by atoms with E-state index in [1.165, 1.54) is 0 Å². The van der Waals surface area contributed by atoms with Crippen LogP contribution in [-0.4, -0.2) is 6.61 Å². The first kappa shape index (κ1) is 14.0. The van der Waals surface area contributed by atoms with Gasteiger partial charge in [0, 0.05) is 5.56 Å². The molecule has 0 atom stereocenters. The zero-order chi connectivity index (χ0) is 14.2. The molecule has 0 aliphatic carbocycles. The number of rotatable bonds is 6. The molecule has 2 aromatic carbocycles. The lowest BCUT2D eigenvalue weighted by Crippen LogP contribution is -2.01. The summed E-state index contributed by atoms with van der Waals surface area (Å²) in [6.07, 6.45) is 0.950. The zero-order valence-corrected chi connectivity index (χ0v) is 11.5. The Kier molecular flexibility index (Phi) is 5.02. The summed E-state index contributed by atoms with van der Waals surface area (Å²) >= 11 is 0. The van der Waals surface area contributed by atoms with Crippen LogP contribution in [0.25, 0.3) is 0 Å². The number of hydrogen-bond donors (Lipinski definition) is 0. The van der Waals surface area contributed by atoms with Crippen LogP contribution >= 0.6 is 0 Å². The quantitative estimate of drug-likeness (QED) is 0.796. The van der Waals surface area contributed by atoms with Gasteiger partial charge in [-0.05, 0) is 24.6 Å². The summed E-state index contributed by atoms with van der Waals surface area (Å²) in [5.41, 5.74) is 1.51. The molecule has 0 saturated heterocycles. The van der Waals surface area contributed by atoms with E-state index in [1.54, 1.807) is 6.07 Å². The van der Waals surface area contributed by atoms with E-state index in [4.69, 9.17) is 14.7 Å². The largest absolute Gasteiger partial charge is 0.490 e. The van der Waals surface area contributed by atoms with Gasteiger partial charge in [-0.15, -0.1) is 0 Å². The summed E-state index contributed by atoms with van der Waals surface area (Å²) in [5, 5.41) is 9.06. The molecule has 2 aromatic rings. The molecule has 0 spiro atoms. The van der Waals surface area contributed by atoms with Gasteiger partial charge in [-0.2, -0.15) is 5.26 Å². The van der Waals surface area contributed by atoms with E-state index in [0.717, 1.165) is 17.7 Å². The molecule has 0 amide bonds. The van der Waals surface area contributed by atoms with Gasteiger partial charge in [0.05, 0.1) is 18.2 Å². The van der Waals surface area contributed by atoms with Crippen molar-refractivity contribution in [3.05, 3.63) is 59.7 Å². The van der Waals surface area contributed by atoms with E-state index in [-0.39, 0.29) is 0 Å². The second-order valence-corrected chi connectivity index (χ2v) is 4.35. The summed E-state index contributed by atoms with van der Waals surface area (Å²) in [5.74, 6) is 1.44. The molecule has 0 unspecified atom stereocenters. The molecule has 0 aliphatic rings. The molecule has 0 fully saturated rings. The van der Waals surface area contributed by atoms with Crippen molar-refractivity contribution in [3.63, 3.8) is 0 Å². The average Bonchev–Trinajstić information content (AvgIpc) is 2.52. The molecule has 0 aliphatic heterocycles. The Morgan fingerprint density at radius 1 is 0.950 bits per heavy atom. The van der Waals surface area contributed by atoms with Gasteiger partial charge in [0.15, 0.2) is 11.5 Å². The summed E-state index contributed by atoms with van der Waals surface area (Å²) in [7, 11) is 0. The first-order valence-electron chi connectivity index (χ1n) is 6.67. The van der Waals surface area contributed by atoms with Gasteiger partial charge in [0.2, 0.25) is 0 Å². The second-order valence-electron chi connectivity index (χ2n) is 4.35. The van der Waals surface area contributed by atoms with Crippen LogP contribution in [0.15, 0.2) is 48.5 Å². The summed E-state index contributed by atoms with van der Waals surface area (Å²) in [6, 6.07) is 17.2. The summed E-state index contributed by atoms with van der Waals surface area (Å²) in [4.78, 5) is 0. The van der Waals surface area contributed by atoms with Crippen molar-refractivity contribution in [2.45, 2.75) is 20.0 Å². The van der Waals surface area contributed by atoms with E-state index < -0.39 is 0 Å². The molecule has 3 heteroatoms. The first-order valence-corrected chi connectivity index (χ1v) is 6.67. The van der Waals surface area contributed by atoms with Gasteiger partial charge in [0.1, 0.15) is 6.61 Å². The average molecular weight is 267 g/mol. The Labute approximate surface area is 119 Å². The van der Waals surface area contributed by atoms with Gasteiger partial charge in [-0.25, -0.2) is 0 Å². The normalized spacial score (nSPS) is 9.80. The van der Waals surface area contributed by atoms with Crippen molar-refractivity contribution in [1.29, 1.82) is 5.26 Å². The first-order chi connectivity index (χ1) is 9.85. The molecule has 20 heavy (non-hydrogen) atoms. The topological polar surface area (TPSA) is 42.2 Å². The Bertz CT molecular complexity index is 602. The Hall–Kier alpha value is -2.47. The van der Waals surface area contributed by atoms with Crippen LogP contribution in [0.5, 0.6) is 11.5 Å². The fraction of sp³-hybridized carbons (Fsp3) is 0.235. The lowest BCUT2D eigenvalue weighted by Gasteiger charge is -2.12. The fourth-order valence-electron chi connectivity index (χ4n) is 1.81. The molecule has 102 valence electrons. The standard InChI is InChI=1S/C17H17NO2/c1-2-11-19-16-9-5-6-10-17(16)20-13-15-8-4-3-7-14(15)12-18/h3-10H,2,11,13H2,1H3. The van der Waals surface area contributed by atoms with Gasteiger partial charge in [0.25, 0.3) is 0 Å². The molecular formula is C17H17NO2. The second kappa shape index (κ2) is 7.20. The van der Waals surface area contributed by atoms with E-state index in [1.807, 2.05) is 42.5 Å². The third-order valence-electron chi connectivity index (χ3n) is 2.83.